The van der Waals surface area contributed by atoms with Gasteiger partial charge in [-0.15, -0.1) is 11.3 Å². The third-order valence-corrected chi connectivity index (χ3v) is 7.11. The summed E-state index contributed by atoms with van der Waals surface area (Å²) in [5.74, 6) is 0.482. The van der Waals surface area contributed by atoms with Crippen LogP contribution in [-0.4, -0.2) is 50.0 Å². The number of carbonyl (C=O) groups excluding carboxylic acids is 2. The highest BCUT2D eigenvalue weighted by Gasteiger charge is 2.24. The standard InChI is InChI=1S/C25H23BrClN3O3S/c1-33-22-8-5-18(26)15-17(22)4-9-24(31)28-19-6-7-21(20(27)16-19)29-10-12-30(13-11-29)25(32)23-3-2-14-34-23/h2-9,14-16H,10-13H2,1H3,(H,28,31)/b9-4+. The number of carbonyl (C=O) groups is 2. The zero-order valence-electron chi connectivity index (χ0n) is 18.5. The van der Waals surface area contributed by atoms with Gasteiger partial charge in [-0.3, -0.25) is 9.59 Å². The van der Waals surface area contributed by atoms with E-state index in [1.807, 2.05) is 52.7 Å². The molecule has 1 aromatic heterocycles. The Bertz CT molecular complexity index is 1210. The highest BCUT2D eigenvalue weighted by atomic mass is 79.9. The predicted octanol–water partition coefficient (Wildman–Crippen LogP) is 5.79. The molecule has 0 unspecified atom stereocenters. The maximum absolute atomic E-state index is 12.6. The molecule has 0 bridgehead atoms. The zero-order valence-corrected chi connectivity index (χ0v) is 21.6. The van der Waals surface area contributed by atoms with E-state index in [1.54, 1.807) is 19.3 Å². The zero-order chi connectivity index (χ0) is 24.1. The summed E-state index contributed by atoms with van der Waals surface area (Å²) in [5.41, 5.74) is 2.28. The van der Waals surface area contributed by atoms with Crippen LogP contribution in [0.3, 0.4) is 0 Å². The van der Waals surface area contributed by atoms with Crippen LogP contribution in [0.2, 0.25) is 5.02 Å². The Morgan fingerprint density at radius 2 is 1.91 bits per heavy atom. The summed E-state index contributed by atoms with van der Waals surface area (Å²) in [5, 5.41) is 5.30. The molecular formula is C25H23BrClN3O3S. The highest BCUT2D eigenvalue weighted by Crippen LogP contribution is 2.30. The van der Waals surface area contributed by atoms with Gasteiger partial charge < -0.3 is 19.9 Å². The Hall–Kier alpha value is -2.81. The Balaban J connectivity index is 1.36. The van der Waals surface area contributed by atoms with Crippen molar-refractivity contribution in [3.8, 4) is 5.75 Å². The van der Waals surface area contributed by atoms with E-state index in [0.29, 0.717) is 42.6 Å². The number of benzene rings is 2. The summed E-state index contributed by atoms with van der Waals surface area (Å²) in [4.78, 5) is 29.8. The third-order valence-electron chi connectivity index (χ3n) is 5.46. The number of ether oxygens (including phenoxy) is 1. The minimum absolute atomic E-state index is 0.0762. The summed E-state index contributed by atoms with van der Waals surface area (Å²) in [6, 6.07) is 14.8. The van der Waals surface area contributed by atoms with Gasteiger partial charge in [0, 0.05) is 48.0 Å². The van der Waals surface area contributed by atoms with E-state index in [2.05, 4.69) is 26.1 Å². The van der Waals surface area contributed by atoms with E-state index in [0.717, 1.165) is 20.6 Å². The molecule has 6 nitrogen and oxygen atoms in total. The van der Waals surface area contributed by atoms with Crippen LogP contribution in [0.4, 0.5) is 11.4 Å². The van der Waals surface area contributed by atoms with Gasteiger partial charge in [-0.2, -0.15) is 0 Å². The number of methoxy groups -OCH3 is 1. The van der Waals surface area contributed by atoms with E-state index in [9.17, 15) is 9.59 Å². The Kier molecular flexibility index (Phi) is 7.92. The van der Waals surface area contributed by atoms with Gasteiger partial charge >= 0.3 is 0 Å². The maximum atomic E-state index is 12.6. The molecule has 1 saturated heterocycles. The fraction of sp³-hybridized carbons (Fsp3) is 0.200. The topological polar surface area (TPSA) is 61.9 Å². The summed E-state index contributed by atoms with van der Waals surface area (Å²) in [6.45, 7) is 2.66. The van der Waals surface area contributed by atoms with Gasteiger partial charge in [0.2, 0.25) is 5.91 Å². The molecular weight excluding hydrogens is 538 g/mol. The van der Waals surface area contributed by atoms with Crippen LogP contribution in [0.15, 0.2) is 64.5 Å². The van der Waals surface area contributed by atoms with Gasteiger partial charge in [0.1, 0.15) is 5.75 Å². The number of nitrogens with zero attached hydrogens (tertiary/aromatic N) is 2. The number of amides is 2. The minimum atomic E-state index is -0.272. The molecule has 0 aliphatic carbocycles. The molecule has 0 saturated carbocycles. The van der Waals surface area contributed by atoms with Crippen LogP contribution in [0.1, 0.15) is 15.2 Å². The first kappa shape index (κ1) is 24.3. The molecule has 1 N–H and O–H groups in total. The van der Waals surface area contributed by atoms with Crippen molar-refractivity contribution in [2.45, 2.75) is 0 Å². The van der Waals surface area contributed by atoms with Crippen molar-refractivity contribution in [1.29, 1.82) is 0 Å². The fourth-order valence-corrected chi connectivity index (χ4v) is 5.10. The van der Waals surface area contributed by atoms with Crippen molar-refractivity contribution in [2.75, 3.05) is 43.5 Å². The SMILES string of the molecule is COc1ccc(Br)cc1/C=C/C(=O)Nc1ccc(N2CCN(C(=O)c3cccs3)CC2)c(Cl)c1. The molecule has 0 spiro atoms. The number of piperazine rings is 1. The number of thiophene rings is 1. The van der Waals surface area contributed by atoms with Crippen molar-refractivity contribution in [3.05, 3.63) is 79.9 Å². The second kappa shape index (κ2) is 11.1. The molecule has 0 atom stereocenters. The molecule has 3 aromatic rings. The van der Waals surface area contributed by atoms with Crippen molar-refractivity contribution in [1.82, 2.24) is 4.90 Å². The first-order valence-corrected chi connectivity index (χ1v) is 12.7. The van der Waals surface area contributed by atoms with E-state index < -0.39 is 0 Å². The van der Waals surface area contributed by atoms with Crippen LogP contribution in [0, 0.1) is 0 Å². The molecule has 1 aliphatic rings. The van der Waals surface area contributed by atoms with E-state index >= 15 is 0 Å². The number of anilines is 2. The van der Waals surface area contributed by atoms with Crippen molar-refractivity contribution in [2.24, 2.45) is 0 Å². The maximum Gasteiger partial charge on any atom is 0.264 e. The molecule has 0 radical (unpaired) electrons. The average molecular weight is 561 g/mol. The molecule has 2 amide bonds. The van der Waals surface area contributed by atoms with Gasteiger partial charge in [0.05, 0.1) is 22.7 Å². The largest absolute Gasteiger partial charge is 0.496 e. The second-order valence-corrected chi connectivity index (χ2v) is 9.90. The van der Waals surface area contributed by atoms with Crippen LogP contribution in [0.25, 0.3) is 6.08 Å². The molecule has 2 aromatic carbocycles. The Morgan fingerprint density at radius 1 is 1.12 bits per heavy atom. The summed E-state index contributed by atoms with van der Waals surface area (Å²) >= 11 is 11.4. The first-order valence-electron chi connectivity index (χ1n) is 10.6. The van der Waals surface area contributed by atoms with Gasteiger partial charge in [0.15, 0.2) is 0 Å². The number of halogens is 2. The number of nitrogens with one attached hydrogen (secondary N) is 1. The number of hydrogen-bond acceptors (Lipinski definition) is 5. The van der Waals surface area contributed by atoms with Gasteiger partial charge in [-0.25, -0.2) is 0 Å². The summed E-state index contributed by atoms with van der Waals surface area (Å²) in [7, 11) is 1.59. The normalized spacial score (nSPS) is 13.9. The molecule has 1 aliphatic heterocycles. The predicted molar refractivity (Wildman–Crippen MR) is 142 cm³/mol. The second-order valence-electron chi connectivity index (χ2n) is 7.63. The lowest BCUT2D eigenvalue weighted by Crippen LogP contribution is -2.48. The smallest absolute Gasteiger partial charge is 0.264 e. The molecule has 9 heteroatoms. The molecule has 34 heavy (non-hydrogen) atoms. The van der Waals surface area contributed by atoms with E-state index in [1.165, 1.54) is 17.4 Å². The lowest BCUT2D eigenvalue weighted by Gasteiger charge is -2.36. The molecule has 4 rings (SSSR count). The Morgan fingerprint density at radius 3 is 2.59 bits per heavy atom. The highest BCUT2D eigenvalue weighted by molar-refractivity contribution is 9.10. The van der Waals surface area contributed by atoms with Gasteiger partial charge in [-0.1, -0.05) is 33.6 Å². The quantitative estimate of drug-likeness (QED) is 0.388. The van der Waals surface area contributed by atoms with E-state index in [-0.39, 0.29) is 11.8 Å². The van der Waals surface area contributed by atoms with Crippen molar-refractivity contribution < 1.29 is 14.3 Å². The van der Waals surface area contributed by atoms with Crippen LogP contribution in [-0.2, 0) is 4.79 Å². The lowest BCUT2D eigenvalue weighted by atomic mass is 10.2. The van der Waals surface area contributed by atoms with Crippen LogP contribution < -0.4 is 15.0 Å². The summed E-state index contributed by atoms with van der Waals surface area (Å²) in [6.07, 6.45) is 3.15. The fourth-order valence-electron chi connectivity index (χ4n) is 3.73. The van der Waals surface area contributed by atoms with Crippen LogP contribution >= 0.6 is 38.9 Å². The Labute approximate surface area is 215 Å². The number of hydrogen-bond donors (Lipinski definition) is 1. The van der Waals surface area contributed by atoms with Gasteiger partial charge in [0.25, 0.3) is 5.91 Å². The number of rotatable bonds is 6. The first-order chi connectivity index (χ1) is 16.4. The van der Waals surface area contributed by atoms with Crippen molar-refractivity contribution >= 4 is 68.1 Å². The lowest BCUT2D eigenvalue weighted by molar-refractivity contribution is -0.111. The third kappa shape index (κ3) is 5.81. The molecule has 1 fully saturated rings. The van der Waals surface area contributed by atoms with E-state index in [4.69, 9.17) is 16.3 Å². The molecule has 2 heterocycles. The molecule has 176 valence electrons. The van der Waals surface area contributed by atoms with Crippen LogP contribution in [0.5, 0.6) is 5.75 Å². The van der Waals surface area contributed by atoms with Gasteiger partial charge in [-0.05, 0) is 53.9 Å². The average Bonchev–Trinajstić information content (AvgIpc) is 3.38. The van der Waals surface area contributed by atoms with Crippen molar-refractivity contribution in [3.63, 3.8) is 0 Å². The monoisotopic (exact) mass is 559 g/mol. The minimum Gasteiger partial charge on any atom is -0.496 e. The summed E-state index contributed by atoms with van der Waals surface area (Å²) < 4.78 is 6.22.